The first-order chi connectivity index (χ1) is 9.19. The van der Waals surface area contributed by atoms with Gasteiger partial charge in [-0.3, -0.25) is 4.90 Å². The SMILES string of the molecule is CCCNCc1cc(CN2CCSC(C)C2)c(C)o1. The van der Waals surface area contributed by atoms with Crippen molar-refractivity contribution in [1.29, 1.82) is 0 Å². The van der Waals surface area contributed by atoms with E-state index in [9.17, 15) is 0 Å². The van der Waals surface area contributed by atoms with E-state index in [1.54, 1.807) is 0 Å². The first kappa shape index (κ1) is 14.9. The third-order valence-corrected chi connectivity index (χ3v) is 4.65. The molecule has 1 unspecified atom stereocenters. The van der Waals surface area contributed by atoms with Crippen molar-refractivity contribution in [3.05, 3.63) is 23.2 Å². The van der Waals surface area contributed by atoms with Gasteiger partial charge < -0.3 is 9.73 Å². The summed E-state index contributed by atoms with van der Waals surface area (Å²) in [5.74, 6) is 3.41. The monoisotopic (exact) mass is 282 g/mol. The number of aryl methyl sites for hydroxylation is 1. The number of rotatable bonds is 6. The molecule has 1 fully saturated rings. The van der Waals surface area contributed by atoms with Gasteiger partial charge in [0.05, 0.1) is 6.54 Å². The van der Waals surface area contributed by atoms with Gasteiger partial charge in [-0.05, 0) is 26.0 Å². The fourth-order valence-corrected chi connectivity index (χ4v) is 3.58. The van der Waals surface area contributed by atoms with E-state index in [4.69, 9.17) is 4.42 Å². The third-order valence-electron chi connectivity index (χ3n) is 3.52. The van der Waals surface area contributed by atoms with Crippen LogP contribution in [0.25, 0.3) is 0 Å². The average molecular weight is 282 g/mol. The highest BCUT2D eigenvalue weighted by Crippen LogP contribution is 2.22. The van der Waals surface area contributed by atoms with Crippen LogP contribution < -0.4 is 5.32 Å². The van der Waals surface area contributed by atoms with Crippen LogP contribution in [0.3, 0.4) is 0 Å². The number of thioether (sulfide) groups is 1. The lowest BCUT2D eigenvalue weighted by molar-refractivity contribution is 0.276. The molecule has 0 aliphatic carbocycles. The van der Waals surface area contributed by atoms with Gasteiger partial charge in [-0.15, -0.1) is 0 Å². The fourth-order valence-electron chi connectivity index (χ4n) is 2.50. The molecule has 1 N–H and O–H groups in total. The van der Waals surface area contributed by atoms with Crippen molar-refractivity contribution in [2.24, 2.45) is 0 Å². The second-order valence-corrected chi connectivity index (χ2v) is 6.93. The van der Waals surface area contributed by atoms with E-state index in [1.165, 1.54) is 24.4 Å². The summed E-state index contributed by atoms with van der Waals surface area (Å²) >= 11 is 2.08. The molecule has 4 heteroatoms. The van der Waals surface area contributed by atoms with Gasteiger partial charge in [-0.2, -0.15) is 11.8 Å². The molecular formula is C15H26N2OS. The minimum Gasteiger partial charge on any atom is -0.465 e. The molecule has 0 saturated carbocycles. The van der Waals surface area contributed by atoms with E-state index < -0.39 is 0 Å². The van der Waals surface area contributed by atoms with Gasteiger partial charge in [0.2, 0.25) is 0 Å². The fraction of sp³-hybridized carbons (Fsp3) is 0.733. The lowest BCUT2D eigenvalue weighted by Crippen LogP contribution is -2.36. The van der Waals surface area contributed by atoms with E-state index in [1.807, 2.05) is 0 Å². The lowest BCUT2D eigenvalue weighted by Gasteiger charge is -2.30. The Balaban J connectivity index is 1.89. The maximum absolute atomic E-state index is 5.84. The Bertz CT molecular complexity index is 391. The summed E-state index contributed by atoms with van der Waals surface area (Å²) in [5.41, 5.74) is 1.35. The Labute approximate surface area is 121 Å². The molecule has 0 amide bonds. The Morgan fingerprint density at radius 1 is 1.53 bits per heavy atom. The van der Waals surface area contributed by atoms with Crippen molar-refractivity contribution < 1.29 is 4.42 Å². The molecule has 19 heavy (non-hydrogen) atoms. The predicted octanol–water partition coefficient (Wildman–Crippen LogP) is 3.02. The second kappa shape index (κ2) is 7.36. The molecule has 2 rings (SSSR count). The highest BCUT2D eigenvalue weighted by molar-refractivity contribution is 7.99. The second-order valence-electron chi connectivity index (χ2n) is 5.39. The Hall–Kier alpha value is -0.450. The van der Waals surface area contributed by atoms with Crippen LogP contribution in [-0.4, -0.2) is 35.5 Å². The van der Waals surface area contributed by atoms with Gasteiger partial charge in [-0.25, -0.2) is 0 Å². The minimum absolute atomic E-state index is 0.756. The molecule has 1 aliphatic heterocycles. The molecule has 3 nitrogen and oxygen atoms in total. The van der Waals surface area contributed by atoms with E-state index >= 15 is 0 Å². The molecule has 108 valence electrons. The maximum atomic E-state index is 5.84. The number of nitrogens with zero attached hydrogens (tertiary/aromatic N) is 1. The topological polar surface area (TPSA) is 28.4 Å². The Kier molecular flexibility index (Phi) is 5.79. The molecule has 0 spiro atoms. The van der Waals surface area contributed by atoms with Gasteiger partial charge in [0.15, 0.2) is 0 Å². The molecule has 2 heterocycles. The standard InChI is InChI=1S/C15H26N2OS/c1-4-5-16-9-15-8-14(13(3)18-15)11-17-6-7-19-12(2)10-17/h8,12,16H,4-7,9-11H2,1-3H3. The number of hydrogen-bond donors (Lipinski definition) is 1. The lowest BCUT2D eigenvalue weighted by atomic mass is 10.2. The maximum Gasteiger partial charge on any atom is 0.118 e. The van der Waals surface area contributed by atoms with Crippen molar-refractivity contribution in [2.75, 3.05) is 25.4 Å². The molecule has 1 saturated heterocycles. The number of hydrogen-bond acceptors (Lipinski definition) is 4. The first-order valence-corrected chi connectivity index (χ1v) is 8.36. The van der Waals surface area contributed by atoms with Crippen LogP contribution in [0.5, 0.6) is 0 Å². The van der Waals surface area contributed by atoms with Crippen molar-refractivity contribution >= 4 is 11.8 Å². The zero-order chi connectivity index (χ0) is 13.7. The zero-order valence-electron chi connectivity index (χ0n) is 12.4. The molecule has 0 aromatic carbocycles. The summed E-state index contributed by atoms with van der Waals surface area (Å²) in [6, 6.07) is 2.23. The molecule has 1 aromatic heterocycles. The predicted molar refractivity (Wildman–Crippen MR) is 82.6 cm³/mol. The summed E-state index contributed by atoms with van der Waals surface area (Å²) < 4.78 is 5.84. The summed E-state index contributed by atoms with van der Waals surface area (Å²) in [6.07, 6.45) is 1.16. The highest BCUT2D eigenvalue weighted by atomic mass is 32.2. The minimum atomic E-state index is 0.756. The van der Waals surface area contributed by atoms with E-state index in [0.717, 1.165) is 42.8 Å². The normalized spacial score (nSPS) is 20.9. The van der Waals surface area contributed by atoms with Gasteiger partial charge in [0.1, 0.15) is 11.5 Å². The summed E-state index contributed by atoms with van der Waals surface area (Å²) in [6.45, 7) is 11.9. The average Bonchev–Trinajstić information content (AvgIpc) is 2.70. The van der Waals surface area contributed by atoms with E-state index in [-0.39, 0.29) is 0 Å². The summed E-state index contributed by atoms with van der Waals surface area (Å²) in [5, 5.41) is 4.15. The van der Waals surface area contributed by atoms with Crippen molar-refractivity contribution in [2.45, 2.75) is 45.5 Å². The first-order valence-electron chi connectivity index (χ1n) is 7.32. The molecule has 1 aromatic rings. The zero-order valence-corrected chi connectivity index (χ0v) is 13.2. The van der Waals surface area contributed by atoms with Crippen molar-refractivity contribution in [3.63, 3.8) is 0 Å². The van der Waals surface area contributed by atoms with Crippen LogP contribution in [0.15, 0.2) is 10.5 Å². The molecule has 1 atom stereocenters. The van der Waals surface area contributed by atoms with Gasteiger partial charge in [0.25, 0.3) is 0 Å². The van der Waals surface area contributed by atoms with Crippen molar-refractivity contribution in [1.82, 2.24) is 10.2 Å². The van der Waals surface area contributed by atoms with Crippen LogP contribution in [0.2, 0.25) is 0 Å². The van der Waals surface area contributed by atoms with Crippen LogP contribution in [0.4, 0.5) is 0 Å². The molecule has 0 radical (unpaired) electrons. The van der Waals surface area contributed by atoms with Crippen LogP contribution in [-0.2, 0) is 13.1 Å². The Morgan fingerprint density at radius 2 is 2.37 bits per heavy atom. The third kappa shape index (κ3) is 4.55. The van der Waals surface area contributed by atoms with Gasteiger partial charge in [-0.1, -0.05) is 13.8 Å². The quantitative estimate of drug-likeness (QED) is 0.812. The highest BCUT2D eigenvalue weighted by Gasteiger charge is 2.18. The molecule has 1 aliphatic rings. The van der Waals surface area contributed by atoms with E-state index in [2.05, 4.69) is 48.8 Å². The van der Waals surface area contributed by atoms with Gasteiger partial charge >= 0.3 is 0 Å². The van der Waals surface area contributed by atoms with Gasteiger partial charge in [0, 0.05) is 36.2 Å². The summed E-state index contributed by atoms with van der Waals surface area (Å²) in [7, 11) is 0. The van der Waals surface area contributed by atoms with Crippen LogP contribution in [0.1, 0.15) is 37.4 Å². The van der Waals surface area contributed by atoms with Crippen molar-refractivity contribution in [3.8, 4) is 0 Å². The smallest absolute Gasteiger partial charge is 0.118 e. The molecular weight excluding hydrogens is 256 g/mol. The Morgan fingerprint density at radius 3 is 3.11 bits per heavy atom. The van der Waals surface area contributed by atoms with Crippen LogP contribution in [0, 0.1) is 6.92 Å². The summed E-state index contributed by atoms with van der Waals surface area (Å²) in [4.78, 5) is 2.54. The number of furan rings is 1. The largest absolute Gasteiger partial charge is 0.465 e. The van der Waals surface area contributed by atoms with E-state index in [0.29, 0.717) is 0 Å². The number of nitrogens with one attached hydrogen (secondary N) is 1. The van der Waals surface area contributed by atoms with Crippen LogP contribution >= 0.6 is 11.8 Å². The molecule has 0 bridgehead atoms.